The van der Waals surface area contributed by atoms with Crippen LogP contribution in [0.5, 0.6) is 0 Å². The lowest BCUT2D eigenvalue weighted by Gasteiger charge is -2.33. The first-order chi connectivity index (χ1) is 7.49. The van der Waals surface area contributed by atoms with Crippen LogP contribution in [-0.2, 0) is 0 Å². The van der Waals surface area contributed by atoms with Crippen LogP contribution in [0.1, 0.15) is 72.1 Å². The number of nitrogens with one attached hydrogen (secondary N) is 1. The van der Waals surface area contributed by atoms with Crippen molar-refractivity contribution >= 4 is 7.85 Å². The Hall–Kier alpha value is 0.0249. The molecule has 0 saturated heterocycles. The summed E-state index contributed by atoms with van der Waals surface area (Å²) in [6.07, 6.45) is 10.4. The van der Waals surface area contributed by atoms with Crippen LogP contribution in [0.25, 0.3) is 0 Å². The molecule has 1 aliphatic rings. The van der Waals surface area contributed by atoms with Gasteiger partial charge in [-0.25, -0.2) is 0 Å². The van der Waals surface area contributed by atoms with E-state index in [9.17, 15) is 0 Å². The Balaban J connectivity index is 2.50. The van der Waals surface area contributed by atoms with Gasteiger partial charge < -0.3 is 5.32 Å². The maximum Gasteiger partial charge on any atom is 0.0743 e. The fourth-order valence-corrected chi connectivity index (χ4v) is 2.83. The smallest absolute Gasteiger partial charge is 0.0743 e. The van der Waals surface area contributed by atoms with E-state index >= 15 is 0 Å². The van der Waals surface area contributed by atoms with Crippen molar-refractivity contribution in [2.24, 2.45) is 0 Å². The molecule has 1 aliphatic carbocycles. The van der Waals surface area contributed by atoms with E-state index in [1.54, 1.807) is 0 Å². The van der Waals surface area contributed by atoms with Crippen LogP contribution in [0, 0.1) is 0 Å². The third-order valence-corrected chi connectivity index (χ3v) is 3.58. The fourth-order valence-electron chi connectivity index (χ4n) is 2.83. The van der Waals surface area contributed by atoms with E-state index < -0.39 is 0 Å². The first-order valence-corrected chi connectivity index (χ1v) is 7.04. The molecule has 1 rings (SSSR count). The van der Waals surface area contributed by atoms with Crippen LogP contribution in [0.2, 0.25) is 5.31 Å². The summed E-state index contributed by atoms with van der Waals surface area (Å²) in [6, 6.07) is 1.19. The Labute approximate surface area is 103 Å². The third kappa shape index (κ3) is 5.93. The van der Waals surface area contributed by atoms with Gasteiger partial charge in [0.05, 0.1) is 7.85 Å². The lowest BCUT2D eigenvalue weighted by molar-refractivity contribution is 0.335. The largest absolute Gasteiger partial charge is 0.312 e. The van der Waals surface area contributed by atoms with Gasteiger partial charge in [0, 0.05) is 12.1 Å². The van der Waals surface area contributed by atoms with Gasteiger partial charge in [-0.3, -0.25) is 0 Å². The van der Waals surface area contributed by atoms with E-state index in [-0.39, 0.29) is 5.31 Å². The molecular weight excluding hydrogens is 193 g/mol. The molecule has 2 unspecified atom stereocenters. The molecule has 1 saturated carbocycles. The van der Waals surface area contributed by atoms with Gasteiger partial charge in [0.25, 0.3) is 0 Å². The molecule has 0 aliphatic heterocycles. The Morgan fingerprint density at radius 3 is 2.44 bits per heavy atom. The maximum atomic E-state index is 6.39. The van der Waals surface area contributed by atoms with Crippen molar-refractivity contribution in [1.82, 2.24) is 5.32 Å². The first kappa shape index (κ1) is 14.1. The molecule has 16 heavy (non-hydrogen) atoms. The molecule has 0 aromatic heterocycles. The zero-order valence-electron chi connectivity index (χ0n) is 11.4. The Morgan fingerprint density at radius 1 is 1.12 bits per heavy atom. The van der Waals surface area contributed by atoms with E-state index in [2.05, 4.69) is 26.1 Å². The standard InChI is InChI=1S/C14H28BN/c1-12(2)16-13-9-7-5-4-6-8-10-14(3,15)11-13/h12-13,16H,4-11H2,1-3H3. The Bertz CT molecular complexity index is 189. The van der Waals surface area contributed by atoms with Gasteiger partial charge in [-0.1, -0.05) is 64.6 Å². The van der Waals surface area contributed by atoms with Crippen molar-refractivity contribution < 1.29 is 0 Å². The highest BCUT2D eigenvalue weighted by Gasteiger charge is 2.23. The van der Waals surface area contributed by atoms with Crippen LogP contribution >= 0.6 is 0 Å². The van der Waals surface area contributed by atoms with Crippen LogP contribution in [0.15, 0.2) is 0 Å². The summed E-state index contributed by atoms with van der Waals surface area (Å²) in [5, 5.41) is 3.70. The molecule has 0 heterocycles. The topological polar surface area (TPSA) is 12.0 Å². The average Bonchev–Trinajstić information content (AvgIpc) is 2.14. The van der Waals surface area contributed by atoms with E-state index in [0.717, 1.165) is 6.42 Å². The van der Waals surface area contributed by atoms with Gasteiger partial charge in [0.1, 0.15) is 0 Å². The number of hydrogen-bond acceptors (Lipinski definition) is 1. The zero-order valence-corrected chi connectivity index (χ0v) is 11.4. The molecule has 1 fully saturated rings. The minimum absolute atomic E-state index is 0.0316. The quantitative estimate of drug-likeness (QED) is 0.698. The molecule has 1 N–H and O–H groups in total. The Morgan fingerprint density at radius 2 is 1.75 bits per heavy atom. The van der Waals surface area contributed by atoms with Crippen molar-refractivity contribution in [3.05, 3.63) is 0 Å². The number of hydrogen-bond donors (Lipinski definition) is 1. The van der Waals surface area contributed by atoms with Crippen LogP contribution in [0.3, 0.4) is 0 Å². The summed E-state index contributed by atoms with van der Waals surface area (Å²) in [5.41, 5.74) is 0. The second-order valence-corrected chi connectivity index (χ2v) is 6.18. The average molecular weight is 221 g/mol. The lowest BCUT2D eigenvalue weighted by Crippen LogP contribution is -2.37. The molecule has 92 valence electrons. The maximum absolute atomic E-state index is 6.39. The molecule has 0 aromatic rings. The molecule has 2 atom stereocenters. The lowest BCUT2D eigenvalue weighted by atomic mass is 9.63. The van der Waals surface area contributed by atoms with E-state index in [4.69, 9.17) is 7.85 Å². The van der Waals surface area contributed by atoms with Gasteiger partial charge in [0.2, 0.25) is 0 Å². The molecule has 0 bridgehead atoms. The summed E-state index contributed by atoms with van der Waals surface area (Å²) < 4.78 is 0. The van der Waals surface area contributed by atoms with Crippen LogP contribution in [-0.4, -0.2) is 19.9 Å². The fraction of sp³-hybridized carbons (Fsp3) is 1.00. The van der Waals surface area contributed by atoms with Crippen molar-refractivity contribution in [2.75, 3.05) is 0 Å². The zero-order chi connectivity index (χ0) is 12.0. The summed E-state index contributed by atoms with van der Waals surface area (Å²) in [4.78, 5) is 0. The van der Waals surface area contributed by atoms with E-state index in [0.29, 0.717) is 12.1 Å². The molecule has 0 spiro atoms. The molecule has 0 amide bonds. The van der Waals surface area contributed by atoms with E-state index in [1.165, 1.54) is 44.9 Å². The van der Waals surface area contributed by atoms with Crippen molar-refractivity contribution in [1.29, 1.82) is 0 Å². The highest BCUT2D eigenvalue weighted by molar-refractivity contribution is 6.14. The summed E-state index contributed by atoms with van der Waals surface area (Å²) in [5.74, 6) is 0. The first-order valence-electron chi connectivity index (χ1n) is 7.04. The number of rotatable bonds is 2. The van der Waals surface area contributed by atoms with Gasteiger partial charge in [0.15, 0.2) is 0 Å². The van der Waals surface area contributed by atoms with Crippen molar-refractivity contribution in [3.63, 3.8) is 0 Å². The predicted molar refractivity (Wildman–Crippen MR) is 73.1 cm³/mol. The second kappa shape index (κ2) is 6.69. The molecular formula is C14H28BN. The normalized spacial score (nSPS) is 33.9. The summed E-state index contributed by atoms with van der Waals surface area (Å²) >= 11 is 0. The monoisotopic (exact) mass is 221 g/mol. The Kier molecular flexibility index (Phi) is 5.89. The van der Waals surface area contributed by atoms with Gasteiger partial charge >= 0.3 is 0 Å². The van der Waals surface area contributed by atoms with Crippen molar-refractivity contribution in [3.8, 4) is 0 Å². The summed E-state index contributed by atoms with van der Waals surface area (Å²) in [6.45, 7) is 6.68. The second-order valence-electron chi connectivity index (χ2n) is 6.18. The highest BCUT2D eigenvalue weighted by Crippen LogP contribution is 2.35. The highest BCUT2D eigenvalue weighted by atomic mass is 14.9. The SMILES string of the molecule is [B]C1(C)CCCCCCCC(NC(C)C)C1. The molecule has 2 heteroatoms. The van der Waals surface area contributed by atoms with Gasteiger partial charge in [-0.2, -0.15) is 0 Å². The molecule has 1 nitrogen and oxygen atoms in total. The molecule has 2 radical (unpaired) electrons. The minimum Gasteiger partial charge on any atom is -0.312 e. The third-order valence-electron chi connectivity index (χ3n) is 3.58. The van der Waals surface area contributed by atoms with Crippen molar-refractivity contribution in [2.45, 2.75) is 89.5 Å². The van der Waals surface area contributed by atoms with Gasteiger partial charge in [-0.05, 0) is 12.8 Å². The van der Waals surface area contributed by atoms with Crippen LogP contribution in [0.4, 0.5) is 0 Å². The minimum atomic E-state index is 0.0316. The van der Waals surface area contributed by atoms with Gasteiger partial charge in [-0.15, -0.1) is 0 Å². The van der Waals surface area contributed by atoms with Crippen LogP contribution < -0.4 is 5.32 Å². The molecule has 0 aromatic carbocycles. The van der Waals surface area contributed by atoms with E-state index in [1.807, 2.05) is 0 Å². The predicted octanol–water partition coefficient (Wildman–Crippen LogP) is 3.83. The summed E-state index contributed by atoms with van der Waals surface area (Å²) in [7, 11) is 6.39.